The molecule has 0 radical (unpaired) electrons. The second-order valence-corrected chi connectivity index (χ2v) is 3.80. The third kappa shape index (κ3) is 5.80. The van der Waals surface area contributed by atoms with Gasteiger partial charge in [0, 0.05) is 0 Å². The minimum absolute atomic E-state index is 0.333. The molecule has 0 fully saturated rings. The van der Waals surface area contributed by atoms with Gasteiger partial charge < -0.3 is 14.2 Å². The van der Waals surface area contributed by atoms with E-state index in [-0.39, 0.29) is 5.97 Å². The van der Waals surface area contributed by atoms with E-state index in [1.165, 1.54) is 0 Å². The Labute approximate surface area is 108 Å². The van der Waals surface area contributed by atoms with E-state index in [0.29, 0.717) is 26.4 Å². The van der Waals surface area contributed by atoms with Gasteiger partial charge in [0.05, 0.1) is 26.4 Å². The van der Waals surface area contributed by atoms with Crippen molar-refractivity contribution in [1.82, 2.24) is 0 Å². The summed E-state index contributed by atoms with van der Waals surface area (Å²) in [5.41, 5.74) is 1.12. The molecule has 1 atom stereocenters. The van der Waals surface area contributed by atoms with Crippen molar-refractivity contribution in [2.75, 3.05) is 19.8 Å². The lowest BCUT2D eigenvalue weighted by Gasteiger charge is -2.11. The normalized spacial score (nSPS) is 12.1. The first-order valence-corrected chi connectivity index (χ1v) is 6.14. The van der Waals surface area contributed by atoms with Gasteiger partial charge in [-0.2, -0.15) is 0 Å². The van der Waals surface area contributed by atoms with Crippen molar-refractivity contribution >= 4 is 5.97 Å². The maximum absolute atomic E-state index is 11.2. The fourth-order valence-corrected chi connectivity index (χ4v) is 1.38. The summed E-state index contributed by atoms with van der Waals surface area (Å²) in [6.07, 6.45) is -0.537. The smallest absolute Gasteiger partial charge is 0.334 e. The van der Waals surface area contributed by atoms with Crippen LogP contribution in [-0.2, 0) is 25.6 Å². The molecule has 0 saturated heterocycles. The van der Waals surface area contributed by atoms with E-state index >= 15 is 0 Å². The quantitative estimate of drug-likeness (QED) is 0.525. The number of carbonyl (C=O) groups is 1. The number of hydrogen-bond acceptors (Lipinski definition) is 4. The monoisotopic (exact) mass is 252 g/mol. The topological polar surface area (TPSA) is 44.8 Å². The summed E-state index contributed by atoms with van der Waals surface area (Å²) in [7, 11) is 0. The molecule has 1 aromatic carbocycles. The molecule has 4 nitrogen and oxygen atoms in total. The molecule has 1 rings (SSSR count). The minimum Gasteiger partial charge on any atom is -0.464 e. The van der Waals surface area contributed by atoms with Gasteiger partial charge >= 0.3 is 5.97 Å². The van der Waals surface area contributed by atoms with Gasteiger partial charge in [-0.25, -0.2) is 4.79 Å². The van der Waals surface area contributed by atoms with Crippen LogP contribution in [0.1, 0.15) is 19.4 Å². The summed E-state index contributed by atoms with van der Waals surface area (Å²) in [4.78, 5) is 11.2. The Balaban J connectivity index is 2.07. The van der Waals surface area contributed by atoms with E-state index < -0.39 is 6.10 Å². The van der Waals surface area contributed by atoms with Crippen LogP contribution in [0.4, 0.5) is 0 Å². The van der Waals surface area contributed by atoms with Crippen LogP contribution in [0.25, 0.3) is 0 Å². The SMILES string of the molecule is CCOC(=O)[C@H](C)OCCOCc1ccccc1. The van der Waals surface area contributed by atoms with Gasteiger partial charge in [0.25, 0.3) is 0 Å². The standard InChI is InChI=1S/C14H20O4/c1-3-17-14(15)12(2)18-10-9-16-11-13-7-5-4-6-8-13/h4-8,12H,3,9-11H2,1-2H3/t12-/m0/s1. The van der Waals surface area contributed by atoms with Crippen LogP contribution < -0.4 is 0 Å². The highest BCUT2D eigenvalue weighted by Crippen LogP contribution is 2.00. The molecule has 1 aromatic rings. The summed E-state index contributed by atoms with van der Waals surface area (Å²) in [5.74, 6) is -0.333. The lowest BCUT2D eigenvalue weighted by atomic mass is 10.2. The first-order chi connectivity index (χ1) is 8.74. The van der Waals surface area contributed by atoms with Gasteiger partial charge in [-0.05, 0) is 19.4 Å². The van der Waals surface area contributed by atoms with Crippen molar-refractivity contribution in [3.8, 4) is 0 Å². The number of benzene rings is 1. The summed E-state index contributed by atoms with van der Waals surface area (Å²) in [5, 5.41) is 0. The predicted octanol–water partition coefficient (Wildman–Crippen LogP) is 2.17. The molecule has 0 bridgehead atoms. The van der Waals surface area contributed by atoms with Gasteiger partial charge in [0.2, 0.25) is 0 Å². The molecule has 0 N–H and O–H groups in total. The summed E-state index contributed by atoms with van der Waals surface area (Å²) >= 11 is 0. The highest BCUT2D eigenvalue weighted by Gasteiger charge is 2.13. The molecule has 0 unspecified atom stereocenters. The first kappa shape index (κ1) is 14.7. The molecule has 18 heavy (non-hydrogen) atoms. The van der Waals surface area contributed by atoms with Crippen LogP contribution in [0.15, 0.2) is 30.3 Å². The zero-order valence-corrected chi connectivity index (χ0v) is 10.9. The van der Waals surface area contributed by atoms with E-state index in [9.17, 15) is 4.79 Å². The van der Waals surface area contributed by atoms with E-state index in [4.69, 9.17) is 14.2 Å². The largest absolute Gasteiger partial charge is 0.464 e. The Hall–Kier alpha value is -1.39. The predicted molar refractivity (Wildman–Crippen MR) is 68.1 cm³/mol. The van der Waals surface area contributed by atoms with Crippen molar-refractivity contribution in [3.63, 3.8) is 0 Å². The average Bonchev–Trinajstić information content (AvgIpc) is 2.39. The number of ether oxygens (including phenoxy) is 3. The van der Waals surface area contributed by atoms with E-state index in [2.05, 4.69) is 0 Å². The Kier molecular flexibility index (Phi) is 7.06. The van der Waals surface area contributed by atoms with Crippen molar-refractivity contribution < 1.29 is 19.0 Å². The molecule has 100 valence electrons. The maximum Gasteiger partial charge on any atom is 0.334 e. The van der Waals surface area contributed by atoms with Gasteiger partial charge in [-0.1, -0.05) is 30.3 Å². The second-order valence-electron chi connectivity index (χ2n) is 3.80. The molecular weight excluding hydrogens is 232 g/mol. The van der Waals surface area contributed by atoms with Crippen molar-refractivity contribution in [2.24, 2.45) is 0 Å². The first-order valence-electron chi connectivity index (χ1n) is 6.14. The molecule has 0 aromatic heterocycles. The zero-order chi connectivity index (χ0) is 13.2. The number of carbonyl (C=O) groups excluding carboxylic acids is 1. The number of esters is 1. The van der Waals surface area contributed by atoms with Gasteiger partial charge in [-0.3, -0.25) is 0 Å². The van der Waals surface area contributed by atoms with Gasteiger partial charge in [0.1, 0.15) is 0 Å². The van der Waals surface area contributed by atoms with E-state index in [1.807, 2.05) is 30.3 Å². The highest BCUT2D eigenvalue weighted by molar-refractivity contribution is 5.74. The van der Waals surface area contributed by atoms with Crippen molar-refractivity contribution in [1.29, 1.82) is 0 Å². The molecule has 0 amide bonds. The Bertz CT molecular complexity index is 337. The van der Waals surface area contributed by atoms with Gasteiger partial charge in [0.15, 0.2) is 6.10 Å². The number of rotatable bonds is 8. The lowest BCUT2D eigenvalue weighted by molar-refractivity contribution is -0.156. The summed E-state index contributed by atoms with van der Waals surface area (Å²) < 4.78 is 15.6. The molecule has 0 aliphatic rings. The average molecular weight is 252 g/mol. The summed E-state index contributed by atoms with van der Waals surface area (Å²) in [6, 6.07) is 9.91. The van der Waals surface area contributed by atoms with Crippen LogP contribution in [0.3, 0.4) is 0 Å². The van der Waals surface area contributed by atoms with Crippen LogP contribution in [-0.4, -0.2) is 31.9 Å². The van der Waals surface area contributed by atoms with Crippen molar-refractivity contribution in [3.05, 3.63) is 35.9 Å². The number of hydrogen-bond donors (Lipinski definition) is 0. The lowest BCUT2D eigenvalue weighted by Crippen LogP contribution is -2.24. The molecule has 0 aliphatic heterocycles. The molecular formula is C14H20O4. The highest BCUT2D eigenvalue weighted by atomic mass is 16.6. The van der Waals surface area contributed by atoms with Crippen LogP contribution in [0, 0.1) is 0 Å². The van der Waals surface area contributed by atoms with E-state index in [1.54, 1.807) is 13.8 Å². The second kappa shape index (κ2) is 8.66. The Morgan fingerprint density at radius 1 is 1.22 bits per heavy atom. The molecule has 0 heterocycles. The molecule has 0 aliphatic carbocycles. The van der Waals surface area contributed by atoms with Crippen LogP contribution >= 0.6 is 0 Å². The third-order valence-corrected chi connectivity index (χ3v) is 2.33. The van der Waals surface area contributed by atoms with Crippen molar-refractivity contribution in [2.45, 2.75) is 26.6 Å². The fraction of sp³-hybridized carbons (Fsp3) is 0.500. The van der Waals surface area contributed by atoms with Gasteiger partial charge in [-0.15, -0.1) is 0 Å². The molecule has 0 saturated carbocycles. The molecule has 0 spiro atoms. The third-order valence-electron chi connectivity index (χ3n) is 2.33. The fourth-order valence-electron chi connectivity index (χ4n) is 1.38. The minimum atomic E-state index is -0.537. The van der Waals surface area contributed by atoms with Crippen LogP contribution in [0.5, 0.6) is 0 Å². The maximum atomic E-state index is 11.2. The Morgan fingerprint density at radius 3 is 2.61 bits per heavy atom. The van der Waals surface area contributed by atoms with Crippen LogP contribution in [0.2, 0.25) is 0 Å². The molecule has 4 heteroatoms. The van der Waals surface area contributed by atoms with E-state index in [0.717, 1.165) is 5.56 Å². The Morgan fingerprint density at radius 2 is 1.94 bits per heavy atom. The summed E-state index contributed by atoms with van der Waals surface area (Å²) in [6.45, 7) is 5.21. The zero-order valence-electron chi connectivity index (χ0n) is 10.9.